The lowest BCUT2D eigenvalue weighted by Gasteiger charge is -2.17. The van der Waals surface area contributed by atoms with E-state index in [0.29, 0.717) is 22.6 Å². The Morgan fingerprint density at radius 2 is 1.84 bits per heavy atom. The molecule has 2 heterocycles. The number of halogens is 4. The zero-order valence-electron chi connectivity index (χ0n) is 20.0. The number of anilines is 1. The lowest BCUT2D eigenvalue weighted by atomic mass is 10.1. The van der Waals surface area contributed by atoms with Crippen molar-refractivity contribution in [3.8, 4) is 11.4 Å². The van der Waals surface area contributed by atoms with Crippen LogP contribution in [0, 0.1) is 18.7 Å². The summed E-state index contributed by atoms with van der Waals surface area (Å²) in [5.74, 6) is -1.54. The molecule has 7 nitrogen and oxygen atoms in total. The number of carboxylic acid groups (broad SMARTS) is 1. The number of carbonyl (C=O) groups is 1. The average Bonchev–Trinajstić information content (AvgIpc) is 3.63. The molecule has 0 aliphatic heterocycles. The summed E-state index contributed by atoms with van der Waals surface area (Å²) >= 11 is 0. The first kappa shape index (κ1) is 24.7. The number of alkyl halides is 3. The molecular weight excluding hydrogens is 490 g/mol. The maximum Gasteiger partial charge on any atom is 0.416 e. The molecule has 1 aliphatic carbocycles. The predicted molar refractivity (Wildman–Crippen MR) is 129 cm³/mol. The van der Waals surface area contributed by atoms with Crippen molar-refractivity contribution in [2.24, 2.45) is 5.92 Å². The maximum atomic E-state index is 15.2. The van der Waals surface area contributed by atoms with Gasteiger partial charge in [0.25, 0.3) is 0 Å². The standard InChI is InChI=1S/C26H23F4N5O2/c1-13-4-3-5-18(19(13)27)24-34-22-20(35(24)12-15-6-10-17(11-7-15)26(28,29)30)21(31-14(2)16-8-9-16)32-23(33-22)25(36)37/h3-7,10-11,14,16H,8-9,12H2,1-2H3,(H,36,37)(H,31,32,33)/t14-/m1/s1. The summed E-state index contributed by atoms with van der Waals surface area (Å²) in [6, 6.07) is 9.44. The summed E-state index contributed by atoms with van der Waals surface area (Å²) < 4.78 is 56.1. The zero-order chi connectivity index (χ0) is 26.5. The maximum absolute atomic E-state index is 15.2. The summed E-state index contributed by atoms with van der Waals surface area (Å²) in [7, 11) is 0. The van der Waals surface area contributed by atoms with Gasteiger partial charge in [-0.25, -0.2) is 24.1 Å². The topological polar surface area (TPSA) is 92.9 Å². The van der Waals surface area contributed by atoms with Gasteiger partial charge in [0, 0.05) is 12.6 Å². The fraction of sp³-hybridized carbons (Fsp3) is 0.308. The van der Waals surface area contributed by atoms with Gasteiger partial charge in [-0.3, -0.25) is 0 Å². The van der Waals surface area contributed by atoms with Crippen LogP contribution in [0.2, 0.25) is 0 Å². The van der Waals surface area contributed by atoms with Crippen LogP contribution < -0.4 is 5.32 Å². The molecule has 0 amide bonds. The minimum Gasteiger partial charge on any atom is -0.475 e. The second-order valence-electron chi connectivity index (χ2n) is 9.30. The molecule has 0 radical (unpaired) electrons. The van der Waals surface area contributed by atoms with Gasteiger partial charge >= 0.3 is 12.1 Å². The summed E-state index contributed by atoms with van der Waals surface area (Å²) in [5, 5.41) is 12.9. The van der Waals surface area contributed by atoms with E-state index in [9.17, 15) is 23.1 Å². The number of rotatable bonds is 7. The molecule has 192 valence electrons. The van der Waals surface area contributed by atoms with E-state index in [-0.39, 0.29) is 35.4 Å². The molecule has 0 unspecified atom stereocenters. The van der Waals surface area contributed by atoms with E-state index >= 15 is 4.39 Å². The molecule has 4 aromatic rings. The van der Waals surface area contributed by atoms with E-state index in [1.165, 1.54) is 18.2 Å². The lowest BCUT2D eigenvalue weighted by Crippen LogP contribution is -2.20. The van der Waals surface area contributed by atoms with Gasteiger partial charge in [0.15, 0.2) is 11.5 Å². The molecule has 37 heavy (non-hydrogen) atoms. The highest BCUT2D eigenvalue weighted by atomic mass is 19.4. The number of carboxylic acids is 1. The van der Waals surface area contributed by atoms with Crippen LogP contribution >= 0.6 is 0 Å². The number of aromatic nitrogens is 4. The Bertz CT molecular complexity index is 1490. The molecule has 2 N–H and O–H groups in total. The SMILES string of the molecule is Cc1cccc(-c2nc3nc(C(=O)O)nc(N[C@H](C)C4CC4)c3n2Cc2ccc(C(F)(F)F)cc2)c1F. The molecule has 5 rings (SSSR count). The van der Waals surface area contributed by atoms with Crippen LogP contribution in [0.5, 0.6) is 0 Å². The van der Waals surface area contributed by atoms with Crippen LogP contribution in [-0.4, -0.2) is 36.6 Å². The van der Waals surface area contributed by atoms with Crippen molar-refractivity contribution in [3.63, 3.8) is 0 Å². The fourth-order valence-corrected chi connectivity index (χ4v) is 4.32. The van der Waals surface area contributed by atoms with Gasteiger partial charge in [0.2, 0.25) is 5.82 Å². The summed E-state index contributed by atoms with van der Waals surface area (Å²) in [6.45, 7) is 3.59. The van der Waals surface area contributed by atoms with E-state index in [1.807, 2.05) is 6.92 Å². The van der Waals surface area contributed by atoms with E-state index in [4.69, 9.17) is 0 Å². The Labute approximate surface area is 209 Å². The summed E-state index contributed by atoms with van der Waals surface area (Å²) in [5.41, 5.74) is 0.637. The minimum atomic E-state index is -4.48. The Kier molecular flexibility index (Phi) is 6.09. The van der Waals surface area contributed by atoms with Crippen LogP contribution in [0.1, 0.15) is 47.1 Å². The van der Waals surface area contributed by atoms with E-state index in [2.05, 4.69) is 20.3 Å². The van der Waals surface area contributed by atoms with Crippen LogP contribution in [0.15, 0.2) is 42.5 Å². The second kappa shape index (κ2) is 9.13. The summed E-state index contributed by atoms with van der Waals surface area (Å²) in [6.07, 6.45) is -2.43. The zero-order valence-corrected chi connectivity index (χ0v) is 20.0. The van der Waals surface area contributed by atoms with Crippen molar-refractivity contribution < 1.29 is 27.5 Å². The van der Waals surface area contributed by atoms with Crippen molar-refractivity contribution in [1.29, 1.82) is 0 Å². The molecule has 1 atom stereocenters. The first-order valence-electron chi connectivity index (χ1n) is 11.7. The second-order valence-corrected chi connectivity index (χ2v) is 9.30. The molecule has 0 saturated heterocycles. The molecule has 11 heteroatoms. The van der Waals surface area contributed by atoms with E-state index in [0.717, 1.165) is 25.0 Å². The molecule has 1 aliphatic rings. The van der Waals surface area contributed by atoms with Crippen molar-refractivity contribution in [2.75, 3.05) is 5.32 Å². The highest BCUT2D eigenvalue weighted by molar-refractivity contribution is 5.92. The number of hydrogen-bond acceptors (Lipinski definition) is 5. The first-order chi connectivity index (χ1) is 17.5. The van der Waals surface area contributed by atoms with Crippen LogP contribution in [0.3, 0.4) is 0 Å². The number of aryl methyl sites for hydroxylation is 1. The third-order valence-electron chi connectivity index (χ3n) is 6.54. The third-order valence-corrected chi connectivity index (χ3v) is 6.54. The van der Waals surface area contributed by atoms with Crippen LogP contribution in [0.4, 0.5) is 23.4 Å². The Morgan fingerprint density at radius 3 is 2.46 bits per heavy atom. The average molecular weight is 513 g/mol. The monoisotopic (exact) mass is 513 g/mol. The number of benzene rings is 2. The smallest absolute Gasteiger partial charge is 0.416 e. The van der Waals surface area contributed by atoms with Gasteiger partial charge in [-0.1, -0.05) is 24.3 Å². The largest absolute Gasteiger partial charge is 0.475 e. The number of hydrogen-bond donors (Lipinski definition) is 2. The van der Waals surface area contributed by atoms with Crippen LogP contribution in [-0.2, 0) is 12.7 Å². The fourth-order valence-electron chi connectivity index (χ4n) is 4.32. The van der Waals surface area contributed by atoms with Gasteiger partial charge in [0.05, 0.1) is 11.1 Å². The van der Waals surface area contributed by atoms with Gasteiger partial charge in [-0.2, -0.15) is 13.2 Å². The van der Waals surface area contributed by atoms with Crippen LogP contribution in [0.25, 0.3) is 22.6 Å². The lowest BCUT2D eigenvalue weighted by molar-refractivity contribution is -0.137. The van der Waals surface area contributed by atoms with Crippen molar-refractivity contribution in [3.05, 3.63) is 70.8 Å². The van der Waals surface area contributed by atoms with Crippen molar-refractivity contribution in [1.82, 2.24) is 19.5 Å². The number of imidazole rings is 1. The molecule has 2 aromatic heterocycles. The van der Waals surface area contributed by atoms with Gasteiger partial charge < -0.3 is 15.0 Å². The molecule has 1 saturated carbocycles. The predicted octanol–water partition coefficient (Wildman–Crippen LogP) is 5.92. The van der Waals surface area contributed by atoms with Gasteiger partial charge in [-0.15, -0.1) is 0 Å². The number of nitrogens with one attached hydrogen (secondary N) is 1. The molecular formula is C26H23F4N5O2. The highest BCUT2D eigenvalue weighted by Gasteiger charge is 2.31. The highest BCUT2D eigenvalue weighted by Crippen LogP contribution is 2.36. The Morgan fingerprint density at radius 1 is 1.14 bits per heavy atom. The quantitative estimate of drug-likeness (QED) is 0.298. The first-order valence-corrected chi connectivity index (χ1v) is 11.7. The van der Waals surface area contributed by atoms with Crippen molar-refractivity contribution >= 4 is 23.0 Å². The molecule has 0 bridgehead atoms. The van der Waals surface area contributed by atoms with Gasteiger partial charge in [0.1, 0.15) is 17.2 Å². The van der Waals surface area contributed by atoms with Gasteiger partial charge in [-0.05, 0) is 61.9 Å². The molecule has 2 aromatic carbocycles. The van der Waals surface area contributed by atoms with E-state index < -0.39 is 29.4 Å². The summed E-state index contributed by atoms with van der Waals surface area (Å²) in [4.78, 5) is 24.6. The van der Waals surface area contributed by atoms with E-state index in [1.54, 1.807) is 23.6 Å². The molecule has 1 fully saturated rings. The minimum absolute atomic E-state index is 0.0201. The Balaban J connectivity index is 1.72. The number of aromatic carboxylic acids is 1. The third kappa shape index (κ3) is 4.85. The normalized spacial score (nSPS) is 14.6. The molecule has 0 spiro atoms. The number of nitrogens with zero attached hydrogens (tertiary/aromatic N) is 4. The Hall–Kier alpha value is -4.02. The number of fused-ring (bicyclic) bond motifs is 1. The van der Waals surface area contributed by atoms with Crippen molar-refractivity contribution in [2.45, 2.75) is 45.5 Å².